The van der Waals surface area contributed by atoms with Crippen LogP contribution in [-0.2, 0) is 4.84 Å². The molecule has 0 aromatic carbocycles. The third-order valence-electron chi connectivity index (χ3n) is 5.43. The van der Waals surface area contributed by atoms with Gasteiger partial charge in [-0.2, -0.15) is 10.0 Å². The molecule has 0 radical (unpaired) electrons. The van der Waals surface area contributed by atoms with E-state index in [9.17, 15) is 4.79 Å². The molecule has 1 atom stereocenters. The van der Waals surface area contributed by atoms with Crippen LogP contribution < -0.4 is 11.1 Å². The van der Waals surface area contributed by atoms with Gasteiger partial charge in [-0.3, -0.25) is 14.8 Å². The minimum Gasteiger partial charge on any atom is -0.366 e. The van der Waals surface area contributed by atoms with Gasteiger partial charge in [-0.05, 0) is 43.7 Å². The van der Waals surface area contributed by atoms with E-state index in [1.54, 1.807) is 16.9 Å². The molecule has 1 aliphatic rings. The van der Waals surface area contributed by atoms with Crippen LogP contribution in [0.2, 0.25) is 0 Å². The molecular weight excluding hydrogens is 408 g/mol. The standard InChI is InChI=1S/C22H22N8O2/c1-13-3-4-15(10-24-13)19-7-8-32-30(19)22(31)26-18-9-17(11-25-14(18)2)16-5-6-20-27-21(23)28-29(20)12-16/h3-6,9-12,19H,7-8H2,1-2H3,(H2,23,28)(H,26,31)/t19-/m0/s1. The Labute approximate surface area is 184 Å². The number of rotatable bonds is 3. The number of aryl methyl sites for hydroxylation is 2. The summed E-state index contributed by atoms with van der Waals surface area (Å²) in [6, 6.07) is 8.97. The van der Waals surface area contributed by atoms with E-state index in [1.165, 1.54) is 5.06 Å². The van der Waals surface area contributed by atoms with E-state index in [0.717, 1.165) is 22.4 Å². The highest BCUT2D eigenvalue weighted by atomic mass is 16.7. The Morgan fingerprint density at radius 2 is 2.03 bits per heavy atom. The van der Waals surface area contributed by atoms with Crippen LogP contribution >= 0.6 is 0 Å². The number of anilines is 2. The normalized spacial score (nSPS) is 15.9. The highest BCUT2D eigenvalue weighted by Gasteiger charge is 2.32. The Balaban J connectivity index is 1.39. The summed E-state index contributed by atoms with van der Waals surface area (Å²) in [5.41, 5.74) is 11.2. The van der Waals surface area contributed by atoms with Gasteiger partial charge in [0.05, 0.1) is 24.0 Å². The molecule has 1 fully saturated rings. The van der Waals surface area contributed by atoms with Gasteiger partial charge in [0.15, 0.2) is 5.65 Å². The van der Waals surface area contributed by atoms with Crippen LogP contribution in [0.3, 0.4) is 0 Å². The average Bonchev–Trinajstić information content (AvgIpc) is 3.41. The number of pyridine rings is 3. The average molecular weight is 430 g/mol. The smallest absolute Gasteiger partial charge is 0.346 e. The first-order valence-electron chi connectivity index (χ1n) is 10.2. The van der Waals surface area contributed by atoms with E-state index in [4.69, 9.17) is 10.6 Å². The fraction of sp³-hybridized carbons (Fsp3) is 0.227. The number of nitrogens with two attached hydrogens (primary N) is 1. The zero-order chi connectivity index (χ0) is 22.2. The number of hydrogen-bond acceptors (Lipinski definition) is 7. The Bertz CT molecular complexity index is 1300. The van der Waals surface area contributed by atoms with Gasteiger partial charge < -0.3 is 11.1 Å². The molecule has 32 heavy (non-hydrogen) atoms. The van der Waals surface area contributed by atoms with Crippen LogP contribution in [0.1, 0.15) is 29.4 Å². The van der Waals surface area contributed by atoms with Gasteiger partial charge in [0.1, 0.15) is 0 Å². The van der Waals surface area contributed by atoms with Crippen molar-refractivity contribution in [3.63, 3.8) is 0 Å². The van der Waals surface area contributed by atoms with Crippen molar-refractivity contribution in [3.05, 3.63) is 65.9 Å². The van der Waals surface area contributed by atoms with Gasteiger partial charge in [-0.25, -0.2) is 9.31 Å². The molecule has 0 aliphatic carbocycles. The predicted octanol–water partition coefficient (Wildman–Crippen LogP) is 3.30. The van der Waals surface area contributed by atoms with Crippen LogP contribution in [0.25, 0.3) is 16.8 Å². The molecule has 0 spiro atoms. The summed E-state index contributed by atoms with van der Waals surface area (Å²) in [5.74, 6) is 0.209. The Morgan fingerprint density at radius 1 is 1.16 bits per heavy atom. The third kappa shape index (κ3) is 3.71. The lowest BCUT2D eigenvalue weighted by Crippen LogP contribution is -2.33. The molecule has 5 rings (SSSR count). The van der Waals surface area contributed by atoms with E-state index in [0.29, 0.717) is 30.1 Å². The lowest BCUT2D eigenvalue weighted by atomic mass is 10.1. The summed E-state index contributed by atoms with van der Waals surface area (Å²) in [7, 11) is 0. The molecule has 0 bridgehead atoms. The summed E-state index contributed by atoms with van der Waals surface area (Å²) < 4.78 is 1.61. The number of fused-ring (bicyclic) bond motifs is 1. The maximum atomic E-state index is 13.0. The van der Waals surface area contributed by atoms with Gasteiger partial charge >= 0.3 is 6.03 Å². The number of amides is 2. The van der Waals surface area contributed by atoms with E-state index < -0.39 is 0 Å². The van der Waals surface area contributed by atoms with Crippen LogP contribution in [-0.4, -0.2) is 42.3 Å². The molecular formula is C22H22N8O2. The number of nitrogens with one attached hydrogen (secondary N) is 1. The maximum absolute atomic E-state index is 13.0. The number of nitrogens with zero attached hydrogens (tertiary/aromatic N) is 6. The molecule has 10 nitrogen and oxygen atoms in total. The maximum Gasteiger partial charge on any atom is 0.346 e. The number of hydroxylamine groups is 2. The number of carbonyl (C=O) groups is 1. The monoisotopic (exact) mass is 430 g/mol. The van der Waals surface area contributed by atoms with Crippen molar-refractivity contribution < 1.29 is 9.63 Å². The van der Waals surface area contributed by atoms with Crippen LogP contribution in [0.5, 0.6) is 0 Å². The highest BCUT2D eigenvalue weighted by Crippen LogP contribution is 2.31. The molecule has 2 amide bonds. The van der Waals surface area contributed by atoms with Crippen LogP contribution in [0.15, 0.2) is 48.9 Å². The first-order valence-corrected chi connectivity index (χ1v) is 10.2. The molecule has 0 unspecified atom stereocenters. The van der Waals surface area contributed by atoms with E-state index in [1.807, 2.05) is 50.4 Å². The van der Waals surface area contributed by atoms with Crippen molar-refractivity contribution in [2.45, 2.75) is 26.3 Å². The summed E-state index contributed by atoms with van der Waals surface area (Å²) in [5, 5.41) is 8.46. The van der Waals surface area contributed by atoms with Crippen LogP contribution in [0, 0.1) is 13.8 Å². The molecule has 4 aromatic heterocycles. The summed E-state index contributed by atoms with van der Waals surface area (Å²) in [6.07, 6.45) is 6.06. The number of hydrogen-bond donors (Lipinski definition) is 2. The quantitative estimate of drug-likeness (QED) is 0.511. The molecule has 1 aliphatic heterocycles. The Kier molecular flexibility index (Phi) is 4.91. The number of urea groups is 1. The molecule has 162 valence electrons. The lowest BCUT2D eigenvalue weighted by Gasteiger charge is -2.23. The van der Waals surface area contributed by atoms with Crippen molar-refractivity contribution in [3.8, 4) is 11.1 Å². The molecule has 10 heteroatoms. The number of aromatic nitrogens is 5. The van der Waals surface area contributed by atoms with Gasteiger partial charge in [0.25, 0.3) is 0 Å². The van der Waals surface area contributed by atoms with Crippen molar-refractivity contribution in [2.75, 3.05) is 17.7 Å². The van der Waals surface area contributed by atoms with Gasteiger partial charge in [0.2, 0.25) is 5.95 Å². The second kappa shape index (κ2) is 7.89. The fourth-order valence-corrected chi connectivity index (χ4v) is 3.71. The molecule has 1 saturated heterocycles. The largest absolute Gasteiger partial charge is 0.366 e. The summed E-state index contributed by atoms with van der Waals surface area (Å²) in [4.78, 5) is 31.6. The predicted molar refractivity (Wildman–Crippen MR) is 119 cm³/mol. The van der Waals surface area contributed by atoms with E-state index in [-0.39, 0.29) is 18.0 Å². The third-order valence-corrected chi connectivity index (χ3v) is 5.43. The first-order chi connectivity index (χ1) is 15.5. The van der Waals surface area contributed by atoms with E-state index in [2.05, 4.69) is 25.4 Å². The zero-order valence-electron chi connectivity index (χ0n) is 17.7. The molecule has 3 N–H and O–H groups in total. The number of nitrogen functional groups attached to an aromatic ring is 1. The molecule has 5 heterocycles. The minimum atomic E-state index is -0.352. The van der Waals surface area contributed by atoms with Crippen molar-refractivity contribution in [1.29, 1.82) is 0 Å². The fourth-order valence-electron chi connectivity index (χ4n) is 3.71. The van der Waals surface area contributed by atoms with Crippen LogP contribution in [0.4, 0.5) is 16.4 Å². The zero-order valence-corrected chi connectivity index (χ0v) is 17.7. The second-order valence-electron chi connectivity index (χ2n) is 7.67. The summed E-state index contributed by atoms with van der Waals surface area (Å²) in [6.45, 7) is 4.23. The van der Waals surface area contributed by atoms with Crippen molar-refractivity contribution in [2.24, 2.45) is 0 Å². The minimum absolute atomic E-state index is 0.195. The topological polar surface area (TPSA) is 124 Å². The lowest BCUT2D eigenvalue weighted by molar-refractivity contribution is -0.0830. The van der Waals surface area contributed by atoms with Gasteiger partial charge in [-0.1, -0.05) is 6.07 Å². The highest BCUT2D eigenvalue weighted by molar-refractivity contribution is 5.90. The molecule has 0 saturated carbocycles. The SMILES string of the molecule is Cc1ccc([C@@H]2CCON2C(=O)Nc2cc(-c3ccc4nc(N)nn4c3)cnc2C)cn1. The Hall–Kier alpha value is -4.05. The van der Waals surface area contributed by atoms with Crippen molar-refractivity contribution in [1.82, 2.24) is 29.6 Å². The molecule has 4 aromatic rings. The van der Waals surface area contributed by atoms with Crippen molar-refractivity contribution >= 4 is 23.3 Å². The second-order valence-corrected chi connectivity index (χ2v) is 7.67. The first kappa shape index (κ1) is 19.9. The number of carbonyl (C=O) groups excluding carboxylic acids is 1. The summed E-state index contributed by atoms with van der Waals surface area (Å²) >= 11 is 0. The van der Waals surface area contributed by atoms with Gasteiger partial charge in [0, 0.05) is 41.8 Å². The van der Waals surface area contributed by atoms with Gasteiger partial charge in [-0.15, -0.1) is 5.10 Å². The van der Waals surface area contributed by atoms with E-state index >= 15 is 0 Å². The Morgan fingerprint density at radius 3 is 2.84 bits per heavy atom.